The minimum atomic E-state index is -0.952. The lowest BCUT2D eigenvalue weighted by Crippen LogP contribution is -2.54. The molecule has 28 heavy (non-hydrogen) atoms. The smallest absolute Gasteiger partial charge is 0.262 e. The molecule has 0 spiro atoms. The molecule has 1 aromatic rings. The van der Waals surface area contributed by atoms with Crippen molar-refractivity contribution in [3.05, 3.63) is 34.9 Å². The predicted octanol–water partition coefficient (Wildman–Crippen LogP) is -1.10. The van der Waals surface area contributed by atoms with Crippen molar-refractivity contribution in [3.63, 3.8) is 0 Å². The molecule has 9 nitrogen and oxygen atoms in total. The average molecular weight is 386 g/mol. The summed E-state index contributed by atoms with van der Waals surface area (Å²) in [4.78, 5) is 49.9. The van der Waals surface area contributed by atoms with Crippen molar-refractivity contribution < 1.29 is 24.3 Å². The van der Waals surface area contributed by atoms with Gasteiger partial charge in [-0.15, -0.1) is 0 Å². The van der Waals surface area contributed by atoms with Crippen LogP contribution >= 0.6 is 0 Å². The van der Waals surface area contributed by atoms with Crippen LogP contribution < -0.4 is 16.0 Å². The fraction of sp³-hybridized carbons (Fsp3) is 0.474. The zero-order valence-corrected chi connectivity index (χ0v) is 15.2. The minimum absolute atomic E-state index is 0.0961. The molecule has 2 saturated heterocycles. The average Bonchev–Trinajstić information content (AvgIpc) is 3.24. The zero-order valence-electron chi connectivity index (χ0n) is 15.2. The van der Waals surface area contributed by atoms with Crippen LogP contribution in [0.4, 0.5) is 0 Å². The summed E-state index contributed by atoms with van der Waals surface area (Å²) < 4.78 is 0. The summed E-state index contributed by atoms with van der Waals surface area (Å²) in [6, 6.07) is 4.45. The van der Waals surface area contributed by atoms with Crippen LogP contribution in [0.25, 0.3) is 0 Å². The second-order valence-electron chi connectivity index (χ2n) is 7.43. The first kappa shape index (κ1) is 18.7. The van der Waals surface area contributed by atoms with Gasteiger partial charge in [-0.2, -0.15) is 0 Å². The Labute approximate surface area is 161 Å². The highest BCUT2D eigenvalue weighted by Gasteiger charge is 2.44. The van der Waals surface area contributed by atoms with E-state index in [9.17, 15) is 24.3 Å². The number of piperidine rings is 1. The largest absolute Gasteiger partial charge is 0.395 e. The fourth-order valence-electron chi connectivity index (χ4n) is 4.00. The monoisotopic (exact) mass is 386 g/mol. The molecule has 3 aliphatic heterocycles. The highest BCUT2D eigenvalue weighted by atomic mass is 16.3. The van der Waals surface area contributed by atoms with E-state index < -0.39 is 29.7 Å². The highest BCUT2D eigenvalue weighted by molar-refractivity contribution is 6.23. The zero-order chi connectivity index (χ0) is 19.8. The summed E-state index contributed by atoms with van der Waals surface area (Å²) in [5.41, 5.74) is 1.42. The van der Waals surface area contributed by atoms with Gasteiger partial charge in [0.2, 0.25) is 11.8 Å². The van der Waals surface area contributed by atoms with Gasteiger partial charge in [0.15, 0.2) is 0 Å². The summed E-state index contributed by atoms with van der Waals surface area (Å²) in [6.07, 6.45) is 1.07. The summed E-state index contributed by atoms with van der Waals surface area (Å²) in [7, 11) is 0. The number of amides is 4. The van der Waals surface area contributed by atoms with Crippen molar-refractivity contribution in [2.45, 2.75) is 43.9 Å². The molecule has 1 aromatic carbocycles. The van der Waals surface area contributed by atoms with E-state index in [1.54, 1.807) is 18.2 Å². The number of benzene rings is 1. The molecule has 3 heterocycles. The molecule has 9 heteroatoms. The maximum Gasteiger partial charge on any atom is 0.262 e. The molecule has 2 fully saturated rings. The van der Waals surface area contributed by atoms with E-state index in [0.29, 0.717) is 6.54 Å². The fourth-order valence-corrected chi connectivity index (χ4v) is 4.00. The normalized spacial score (nSPS) is 27.3. The third-order valence-corrected chi connectivity index (χ3v) is 5.54. The number of carbonyl (C=O) groups excluding carboxylic acids is 4. The van der Waals surface area contributed by atoms with E-state index in [1.807, 2.05) is 0 Å². The molecule has 3 aliphatic rings. The van der Waals surface area contributed by atoms with Crippen molar-refractivity contribution in [1.82, 2.24) is 20.9 Å². The van der Waals surface area contributed by atoms with Crippen molar-refractivity contribution in [2.75, 3.05) is 13.2 Å². The summed E-state index contributed by atoms with van der Waals surface area (Å²) in [5, 5.41) is 18.0. The standard InChI is InChI=1S/C19H22N4O5/c24-9-12-6-11(8-21-12)20-7-10-1-2-13-14(5-10)19(28)23(18(13)27)15-3-4-16(25)22-17(15)26/h1-2,5,11-12,15,20-21,24H,3-4,6-9H2,(H,22,25,26)/t11-,12-,15?/m0/s1. The molecule has 0 radical (unpaired) electrons. The molecule has 0 saturated carbocycles. The number of fused-ring (bicyclic) bond motifs is 1. The number of aliphatic hydroxyl groups is 1. The van der Waals surface area contributed by atoms with Gasteiger partial charge in [0.25, 0.3) is 11.8 Å². The van der Waals surface area contributed by atoms with Crippen molar-refractivity contribution in [1.29, 1.82) is 0 Å². The van der Waals surface area contributed by atoms with Gasteiger partial charge in [0.05, 0.1) is 17.7 Å². The Bertz CT molecular complexity index is 855. The van der Waals surface area contributed by atoms with Crippen LogP contribution in [0.3, 0.4) is 0 Å². The summed E-state index contributed by atoms with van der Waals surface area (Å²) in [5.74, 6) is -2.00. The van der Waals surface area contributed by atoms with E-state index in [4.69, 9.17) is 0 Å². The molecule has 0 aliphatic carbocycles. The third-order valence-electron chi connectivity index (χ3n) is 5.54. The van der Waals surface area contributed by atoms with Crippen LogP contribution in [0.15, 0.2) is 18.2 Å². The number of hydrogen-bond donors (Lipinski definition) is 4. The molecule has 4 N–H and O–H groups in total. The lowest BCUT2D eigenvalue weighted by Gasteiger charge is -2.27. The molecule has 0 aromatic heterocycles. The number of nitrogens with one attached hydrogen (secondary N) is 3. The third kappa shape index (κ3) is 3.32. The van der Waals surface area contributed by atoms with E-state index in [0.717, 1.165) is 23.4 Å². The Morgan fingerprint density at radius 1 is 1.14 bits per heavy atom. The molecule has 4 rings (SSSR count). The number of aliphatic hydroxyl groups excluding tert-OH is 1. The van der Waals surface area contributed by atoms with Gasteiger partial charge < -0.3 is 15.7 Å². The van der Waals surface area contributed by atoms with Crippen LogP contribution in [0.1, 0.15) is 45.5 Å². The lowest BCUT2D eigenvalue weighted by atomic mass is 10.0. The van der Waals surface area contributed by atoms with Crippen molar-refractivity contribution >= 4 is 23.6 Å². The van der Waals surface area contributed by atoms with Crippen LogP contribution in [0.5, 0.6) is 0 Å². The SMILES string of the molecule is O=C1CCC(N2C(=O)c3ccc(CN[C@@H]4CN[C@H](CO)C4)cc3C2=O)C(=O)N1. The van der Waals surface area contributed by atoms with Gasteiger partial charge in [0.1, 0.15) is 6.04 Å². The van der Waals surface area contributed by atoms with Gasteiger partial charge in [0, 0.05) is 31.6 Å². The van der Waals surface area contributed by atoms with Crippen LogP contribution in [-0.4, -0.2) is 64.9 Å². The maximum absolute atomic E-state index is 12.8. The quantitative estimate of drug-likeness (QED) is 0.473. The molecule has 4 amide bonds. The molecule has 0 bridgehead atoms. The number of imide groups is 2. The van der Waals surface area contributed by atoms with Crippen LogP contribution in [0, 0.1) is 0 Å². The van der Waals surface area contributed by atoms with Gasteiger partial charge in [-0.25, -0.2) is 0 Å². The Kier molecular flexibility index (Phi) is 4.96. The molecular formula is C19H22N4O5. The van der Waals surface area contributed by atoms with E-state index >= 15 is 0 Å². The summed E-state index contributed by atoms with van der Waals surface area (Å²) in [6.45, 7) is 1.39. The van der Waals surface area contributed by atoms with Crippen molar-refractivity contribution in [2.24, 2.45) is 0 Å². The molecular weight excluding hydrogens is 364 g/mol. The van der Waals surface area contributed by atoms with E-state index in [-0.39, 0.29) is 42.7 Å². The van der Waals surface area contributed by atoms with Crippen molar-refractivity contribution in [3.8, 4) is 0 Å². The first-order valence-corrected chi connectivity index (χ1v) is 9.40. The maximum atomic E-state index is 12.8. The van der Waals surface area contributed by atoms with E-state index in [2.05, 4.69) is 16.0 Å². The van der Waals surface area contributed by atoms with Crippen LogP contribution in [-0.2, 0) is 16.1 Å². The lowest BCUT2D eigenvalue weighted by molar-refractivity contribution is -0.136. The number of carbonyl (C=O) groups is 4. The number of rotatable bonds is 5. The van der Waals surface area contributed by atoms with Gasteiger partial charge in [-0.1, -0.05) is 6.07 Å². The Morgan fingerprint density at radius 2 is 1.93 bits per heavy atom. The molecule has 1 unspecified atom stereocenters. The van der Waals surface area contributed by atoms with Gasteiger partial charge in [-0.3, -0.25) is 29.4 Å². The second kappa shape index (κ2) is 7.42. The molecule has 3 atom stereocenters. The first-order chi connectivity index (χ1) is 13.5. The summed E-state index contributed by atoms with van der Waals surface area (Å²) >= 11 is 0. The minimum Gasteiger partial charge on any atom is -0.395 e. The number of hydrogen-bond acceptors (Lipinski definition) is 7. The topological polar surface area (TPSA) is 128 Å². The highest BCUT2D eigenvalue weighted by Crippen LogP contribution is 2.28. The van der Waals surface area contributed by atoms with Crippen LogP contribution in [0.2, 0.25) is 0 Å². The first-order valence-electron chi connectivity index (χ1n) is 9.40. The number of nitrogens with zero attached hydrogens (tertiary/aromatic N) is 1. The van der Waals surface area contributed by atoms with E-state index in [1.165, 1.54) is 0 Å². The Morgan fingerprint density at radius 3 is 2.64 bits per heavy atom. The Hall–Kier alpha value is -2.62. The molecule has 148 valence electrons. The van der Waals surface area contributed by atoms with Gasteiger partial charge in [-0.05, 0) is 30.5 Å². The predicted molar refractivity (Wildman–Crippen MR) is 97.2 cm³/mol. The van der Waals surface area contributed by atoms with Gasteiger partial charge >= 0.3 is 0 Å². The second-order valence-corrected chi connectivity index (χ2v) is 7.43. The Balaban J connectivity index is 1.46.